The number of nitro groups is 1. The van der Waals surface area contributed by atoms with Crippen molar-refractivity contribution < 1.29 is 9.72 Å². The van der Waals surface area contributed by atoms with Gasteiger partial charge >= 0.3 is 5.82 Å². The van der Waals surface area contributed by atoms with E-state index in [4.69, 9.17) is 11.6 Å². The van der Waals surface area contributed by atoms with E-state index in [1.165, 1.54) is 6.20 Å². The van der Waals surface area contributed by atoms with Gasteiger partial charge in [0.2, 0.25) is 11.7 Å². The van der Waals surface area contributed by atoms with E-state index in [0.29, 0.717) is 30.5 Å². The van der Waals surface area contributed by atoms with E-state index < -0.39 is 4.92 Å². The van der Waals surface area contributed by atoms with Gasteiger partial charge in [0.15, 0.2) is 0 Å². The molecule has 0 saturated carbocycles. The molecular weight excluding hydrogens is 393 g/mol. The molecule has 1 aromatic heterocycles. The van der Waals surface area contributed by atoms with Crippen molar-refractivity contribution >= 4 is 35.7 Å². The Morgan fingerprint density at radius 1 is 1.44 bits per heavy atom. The van der Waals surface area contributed by atoms with E-state index in [-0.39, 0.29) is 36.6 Å². The number of nitrogens with one attached hydrogen (secondary N) is 1. The van der Waals surface area contributed by atoms with Gasteiger partial charge in [0.1, 0.15) is 6.20 Å². The highest BCUT2D eigenvalue weighted by Crippen LogP contribution is 2.29. The summed E-state index contributed by atoms with van der Waals surface area (Å²) in [6.45, 7) is 4.00. The molecule has 27 heavy (non-hydrogen) atoms. The number of rotatable bonds is 5. The second kappa shape index (κ2) is 9.16. The zero-order chi connectivity index (χ0) is 18.7. The molecule has 1 fully saturated rings. The SMILES string of the molecule is Cc1nc([N+](=O)[O-])cn1CCC(=O)N1CCNCC1c1ccccc1Cl.Cl. The molecule has 1 saturated heterocycles. The third-order valence-electron chi connectivity index (χ3n) is 4.54. The smallest absolute Gasteiger partial charge is 0.358 e. The lowest BCUT2D eigenvalue weighted by atomic mass is 10.0. The zero-order valence-corrected chi connectivity index (χ0v) is 16.4. The predicted octanol–water partition coefficient (Wildman–Crippen LogP) is 2.74. The second-order valence-corrected chi connectivity index (χ2v) is 6.58. The molecule has 0 aliphatic carbocycles. The minimum absolute atomic E-state index is 0. The van der Waals surface area contributed by atoms with Crippen LogP contribution in [-0.4, -0.2) is 44.9 Å². The van der Waals surface area contributed by atoms with Crippen molar-refractivity contribution in [3.05, 3.63) is 57.0 Å². The fourth-order valence-corrected chi connectivity index (χ4v) is 3.45. The minimum atomic E-state index is -0.533. The summed E-state index contributed by atoms with van der Waals surface area (Å²) in [7, 11) is 0. The van der Waals surface area contributed by atoms with E-state index in [2.05, 4.69) is 10.3 Å². The van der Waals surface area contributed by atoms with Crippen LogP contribution in [0.15, 0.2) is 30.5 Å². The summed E-state index contributed by atoms with van der Waals surface area (Å²) in [6.07, 6.45) is 1.61. The monoisotopic (exact) mass is 413 g/mol. The molecule has 1 aliphatic heterocycles. The average molecular weight is 414 g/mol. The molecule has 1 atom stereocenters. The summed E-state index contributed by atoms with van der Waals surface area (Å²) in [5.41, 5.74) is 0.921. The maximum atomic E-state index is 12.8. The molecular formula is C17H21Cl2N5O3. The zero-order valence-electron chi connectivity index (χ0n) is 14.8. The van der Waals surface area contributed by atoms with Crippen molar-refractivity contribution in [1.29, 1.82) is 0 Å². The number of carbonyl (C=O) groups is 1. The quantitative estimate of drug-likeness (QED) is 0.600. The molecule has 3 rings (SSSR count). The molecule has 146 valence electrons. The fourth-order valence-electron chi connectivity index (χ4n) is 3.19. The molecule has 0 radical (unpaired) electrons. The number of amides is 1. The van der Waals surface area contributed by atoms with Gasteiger partial charge in [0.05, 0.1) is 6.04 Å². The Morgan fingerprint density at radius 2 is 2.19 bits per heavy atom. The van der Waals surface area contributed by atoms with Crippen LogP contribution in [0.1, 0.15) is 23.9 Å². The Kier molecular flexibility index (Phi) is 7.18. The van der Waals surface area contributed by atoms with Gasteiger partial charge in [-0.2, -0.15) is 0 Å². The first kappa shape index (κ1) is 21.1. The van der Waals surface area contributed by atoms with Crippen LogP contribution in [0.5, 0.6) is 0 Å². The minimum Gasteiger partial charge on any atom is -0.358 e. The molecule has 10 heteroatoms. The van der Waals surface area contributed by atoms with Crippen molar-refractivity contribution in [3.63, 3.8) is 0 Å². The molecule has 1 amide bonds. The highest BCUT2D eigenvalue weighted by Gasteiger charge is 2.29. The highest BCUT2D eigenvalue weighted by atomic mass is 35.5. The Balaban J connectivity index is 0.00000261. The first-order valence-electron chi connectivity index (χ1n) is 8.40. The van der Waals surface area contributed by atoms with Crippen LogP contribution in [0.4, 0.5) is 5.82 Å². The lowest BCUT2D eigenvalue weighted by molar-refractivity contribution is -0.389. The highest BCUT2D eigenvalue weighted by molar-refractivity contribution is 6.31. The fraction of sp³-hybridized carbons (Fsp3) is 0.412. The maximum absolute atomic E-state index is 12.8. The maximum Gasteiger partial charge on any atom is 0.381 e. The number of nitrogens with zero attached hydrogens (tertiary/aromatic N) is 4. The summed E-state index contributed by atoms with van der Waals surface area (Å²) in [5.74, 6) is 0.311. The largest absolute Gasteiger partial charge is 0.381 e. The lowest BCUT2D eigenvalue weighted by Crippen LogP contribution is -2.48. The average Bonchev–Trinajstić information content (AvgIpc) is 3.01. The van der Waals surface area contributed by atoms with E-state index in [1.807, 2.05) is 29.2 Å². The van der Waals surface area contributed by atoms with Gasteiger partial charge in [-0.3, -0.25) is 4.79 Å². The standard InChI is InChI=1S/C17H20ClN5O3.ClH/c1-12-20-16(23(25)26)11-21(12)8-6-17(24)22-9-7-19-10-15(22)13-4-2-3-5-14(13)18;/h2-5,11,15,19H,6-10H2,1H3;1H. The molecule has 2 heterocycles. The Labute approximate surface area is 168 Å². The van der Waals surface area contributed by atoms with Gasteiger partial charge < -0.3 is 24.9 Å². The summed E-state index contributed by atoms with van der Waals surface area (Å²) < 4.78 is 1.64. The van der Waals surface area contributed by atoms with Crippen molar-refractivity contribution in [2.75, 3.05) is 19.6 Å². The topological polar surface area (TPSA) is 93.3 Å². The molecule has 1 unspecified atom stereocenters. The Hall–Kier alpha value is -2.16. The number of aromatic nitrogens is 2. The molecule has 2 aromatic rings. The van der Waals surface area contributed by atoms with Crippen LogP contribution in [0.25, 0.3) is 0 Å². The van der Waals surface area contributed by atoms with E-state index in [1.54, 1.807) is 11.5 Å². The van der Waals surface area contributed by atoms with Crippen molar-refractivity contribution in [2.45, 2.75) is 25.9 Å². The molecule has 1 N–H and O–H groups in total. The van der Waals surface area contributed by atoms with E-state index >= 15 is 0 Å². The number of carbonyl (C=O) groups excluding carboxylic acids is 1. The number of aryl methyl sites for hydroxylation is 2. The Bertz CT molecular complexity index is 827. The van der Waals surface area contributed by atoms with E-state index in [9.17, 15) is 14.9 Å². The molecule has 0 spiro atoms. The molecule has 1 aliphatic rings. The number of hydrogen-bond acceptors (Lipinski definition) is 5. The number of hydrogen-bond donors (Lipinski definition) is 1. The van der Waals surface area contributed by atoms with Gasteiger partial charge in [-0.25, -0.2) is 0 Å². The van der Waals surface area contributed by atoms with Crippen LogP contribution in [0.2, 0.25) is 5.02 Å². The van der Waals surface area contributed by atoms with Crippen LogP contribution in [0.3, 0.4) is 0 Å². The van der Waals surface area contributed by atoms with Crippen molar-refractivity contribution in [1.82, 2.24) is 19.8 Å². The van der Waals surface area contributed by atoms with Crippen LogP contribution >= 0.6 is 24.0 Å². The lowest BCUT2D eigenvalue weighted by Gasteiger charge is -2.37. The first-order valence-corrected chi connectivity index (χ1v) is 8.78. The summed E-state index contributed by atoms with van der Waals surface area (Å²) >= 11 is 6.31. The second-order valence-electron chi connectivity index (χ2n) is 6.18. The van der Waals surface area contributed by atoms with Crippen LogP contribution < -0.4 is 5.32 Å². The van der Waals surface area contributed by atoms with Crippen LogP contribution in [0, 0.1) is 17.0 Å². The molecule has 1 aromatic carbocycles. The van der Waals surface area contributed by atoms with E-state index in [0.717, 1.165) is 12.1 Å². The van der Waals surface area contributed by atoms with Gasteiger partial charge in [-0.15, -0.1) is 12.4 Å². The summed E-state index contributed by atoms with van der Waals surface area (Å²) in [4.78, 5) is 28.8. The molecule has 0 bridgehead atoms. The summed E-state index contributed by atoms with van der Waals surface area (Å²) in [5, 5.41) is 14.8. The first-order chi connectivity index (χ1) is 12.5. The van der Waals surface area contributed by atoms with Gasteiger partial charge in [0, 0.05) is 44.5 Å². The van der Waals surface area contributed by atoms with Gasteiger partial charge in [-0.05, 0) is 21.5 Å². The normalized spacial score (nSPS) is 16.7. The van der Waals surface area contributed by atoms with Crippen molar-refractivity contribution in [2.24, 2.45) is 0 Å². The number of imidazole rings is 1. The number of benzene rings is 1. The number of piperazine rings is 1. The molecule has 8 nitrogen and oxygen atoms in total. The van der Waals surface area contributed by atoms with Crippen LogP contribution in [-0.2, 0) is 11.3 Å². The predicted molar refractivity (Wildman–Crippen MR) is 104 cm³/mol. The van der Waals surface area contributed by atoms with Crippen molar-refractivity contribution in [3.8, 4) is 0 Å². The summed E-state index contributed by atoms with van der Waals surface area (Å²) in [6, 6.07) is 7.41. The number of halogens is 2. The third-order valence-corrected chi connectivity index (χ3v) is 4.89. The van der Waals surface area contributed by atoms with Gasteiger partial charge in [0.25, 0.3) is 0 Å². The Morgan fingerprint density at radius 3 is 2.85 bits per heavy atom. The van der Waals surface area contributed by atoms with Gasteiger partial charge in [-0.1, -0.05) is 29.8 Å². The third kappa shape index (κ3) is 4.77.